The molecule has 0 amide bonds. The van der Waals surface area contributed by atoms with Gasteiger partial charge in [-0.25, -0.2) is 0 Å². The van der Waals surface area contributed by atoms with E-state index in [1.54, 1.807) is 7.11 Å². The van der Waals surface area contributed by atoms with E-state index in [2.05, 4.69) is 32.1 Å². The van der Waals surface area contributed by atoms with Gasteiger partial charge in [-0.05, 0) is 36.6 Å². The minimum absolute atomic E-state index is 0.910. The molecule has 0 aromatic heterocycles. The summed E-state index contributed by atoms with van der Waals surface area (Å²) in [4.78, 5) is 0. The summed E-state index contributed by atoms with van der Waals surface area (Å²) in [6, 6.07) is 8.14. The van der Waals surface area contributed by atoms with Crippen molar-refractivity contribution in [2.24, 2.45) is 0 Å². The fourth-order valence-corrected chi connectivity index (χ4v) is 1.28. The zero-order valence-corrected chi connectivity index (χ0v) is 8.50. The molecule has 1 aromatic carbocycles. The Morgan fingerprint density at radius 1 is 1.31 bits per heavy atom. The summed E-state index contributed by atoms with van der Waals surface area (Å²) in [5.74, 6) is 0.910. The number of hydrogen-bond acceptors (Lipinski definition) is 1. The summed E-state index contributed by atoms with van der Waals surface area (Å²) < 4.78 is 5.09. The molecule has 1 nitrogen and oxygen atoms in total. The van der Waals surface area contributed by atoms with Crippen molar-refractivity contribution < 1.29 is 4.74 Å². The number of hydrogen-bond donors (Lipinski definition) is 0. The third-order valence-electron chi connectivity index (χ3n) is 2.06. The first kappa shape index (κ1) is 9.85. The van der Waals surface area contributed by atoms with Crippen LogP contribution < -0.4 is 4.74 Å². The van der Waals surface area contributed by atoms with E-state index in [1.807, 2.05) is 12.1 Å². The molecule has 0 saturated carbocycles. The second-order valence-electron chi connectivity index (χ2n) is 3.02. The summed E-state index contributed by atoms with van der Waals surface area (Å²) in [5, 5.41) is 0. The van der Waals surface area contributed by atoms with Crippen molar-refractivity contribution in [2.75, 3.05) is 7.11 Å². The lowest BCUT2D eigenvalue weighted by Crippen LogP contribution is -1.83. The van der Waals surface area contributed by atoms with E-state index in [1.165, 1.54) is 11.1 Å². The fourth-order valence-electron chi connectivity index (χ4n) is 1.28. The molecule has 70 valence electrons. The molecule has 0 saturated heterocycles. The van der Waals surface area contributed by atoms with Crippen LogP contribution in [0, 0.1) is 0 Å². The van der Waals surface area contributed by atoms with Gasteiger partial charge in [0.15, 0.2) is 0 Å². The molecule has 0 radical (unpaired) electrons. The molecule has 0 aliphatic heterocycles. The lowest BCUT2D eigenvalue weighted by Gasteiger charge is -2.03. The predicted molar refractivity (Wildman–Crippen MR) is 56.9 cm³/mol. The van der Waals surface area contributed by atoms with Gasteiger partial charge in [0, 0.05) is 0 Å². The molecule has 0 N–H and O–H groups in total. The molecule has 0 spiro atoms. The van der Waals surface area contributed by atoms with E-state index in [0.717, 1.165) is 12.2 Å². The van der Waals surface area contributed by atoms with E-state index in [-0.39, 0.29) is 0 Å². The van der Waals surface area contributed by atoms with Gasteiger partial charge >= 0.3 is 0 Å². The summed E-state index contributed by atoms with van der Waals surface area (Å²) in [7, 11) is 1.68. The summed E-state index contributed by atoms with van der Waals surface area (Å²) in [6.45, 7) is 4.28. The maximum absolute atomic E-state index is 5.09. The smallest absolute Gasteiger partial charge is 0.118 e. The van der Waals surface area contributed by atoms with E-state index in [9.17, 15) is 0 Å². The van der Waals surface area contributed by atoms with Crippen LogP contribution in [0.15, 0.2) is 30.3 Å². The molecule has 0 fully saturated rings. The highest BCUT2D eigenvalue weighted by Gasteiger charge is 1.94. The Morgan fingerprint density at radius 2 is 1.92 bits per heavy atom. The highest BCUT2D eigenvalue weighted by molar-refractivity contribution is 5.64. The van der Waals surface area contributed by atoms with Gasteiger partial charge in [0.2, 0.25) is 0 Å². The molecule has 0 aliphatic rings. The minimum atomic E-state index is 0.910. The van der Waals surface area contributed by atoms with Crippen LogP contribution in [0.2, 0.25) is 0 Å². The Kier molecular flexibility index (Phi) is 3.56. The van der Waals surface area contributed by atoms with Crippen molar-refractivity contribution in [3.05, 3.63) is 35.9 Å². The zero-order chi connectivity index (χ0) is 9.68. The van der Waals surface area contributed by atoms with Gasteiger partial charge in [-0.3, -0.25) is 0 Å². The Bertz CT molecular complexity index is 282. The van der Waals surface area contributed by atoms with Crippen LogP contribution in [0.1, 0.15) is 25.8 Å². The second kappa shape index (κ2) is 4.70. The first-order chi connectivity index (χ1) is 6.27. The van der Waals surface area contributed by atoms with Crippen LogP contribution in [0.25, 0.3) is 5.57 Å². The summed E-state index contributed by atoms with van der Waals surface area (Å²) in [6.07, 6.45) is 3.31. The third-order valence-corrected chi connectivity index (χ3v) is 2.06. The lowest BCUT2D eigenvalue weighted by atomic mass is 10.1. The molecular weight excluding hydrogens is 160 g/mol. The lowest BCUT2D eigenvalue weighted by molar-refractivity contribution is 0.415. The molecule has 0 unspecified atom stereocenters. The summed E-state index contributed by atoms with van der Waals surface area (Å²) >= 11 is 0. The van der Waals surface area contributed by atoms with Gasteiger partial charge in [0.25, 0.3) is 0 Å². The minimum Gasteiger partial charge on any atom is -0.497 e. The molecule has 0 aliphatic carbocycles. The van der Waals surface area contributed by atoms with Crippen molar-refractivity contribution >= 4 is 5.57 Å². The van der Waals surface area contributed by atoms with Crippen molar-refractivity contribution in [1.82, 2.24) is 0 Å². The molecule has 0 heterocycles. The molecule has 1 aromatic rings. The molecule has 0 bridgehead atoms. The molecule has 13 heavy (non-hydrogen) atoms. The number of allylic oxidation sites excluding steroid dienone is 2. The monoisotopic (exact) mass is 176 g/mol. The van der Waals surface area contributed by atoms with Gasteiger partial charge in [-0.2, -0.15) is 0 Å². The molecular formula is C12H16O. The maximum Gasteiger partial charge on any atom is 0.118 e. The van der Waals surface area contributed by atoms with Crippen LogP contribution >= 0.6 is 0 Å². The fraction of sp³-hybridized carbons (Fsp3) is 0.333. The highest BCUT2D eigenvalue weighted by atomic mass is 16.5. The van der Waals surface area contributed by atoms with Gasteiger partial charge in [-0.15, -0.1) is 0 Å². The molecule has 0 atom stereocenters. The van der Waals surface area contributed by atoms with Crippen molar-refractivity contribution in [3.8, 4) is 5.75 Å². The van der Waals surface area contributed by atoms with Crippen LogP contribution in [-0.2, 0) is 0 Å². The van der Waals surface area contributed by atoms with Gasteiger partial charge < -0.3 is 4.74 Å². The Hall–Kier alpha value is -1.24. The van der Waals surface area contributed by atoms with E-state index in [0.29, 0.717) is 0 Å². The first-order valence-electron chi connectivity index (χ1n) is 4.59. The van der Waals surface area contributed by atoms with Crippen LogP contribution in [-0.4, -0.2) is 7.11 Å². The number of benzene rings is 1. The number of methoxy groups -OCH3 is 1. The van der Waals surface area contributed by atoms with E-state index >= 15 is 0 Å². The van der Waals surface area contributed by atoms with Crippen molar-refractivity contribution in [1.29, 1.82) is 0 Å². The molecule has 1 heteroatoms. The number of rotatable bonds is 3. The summed E-state index contributed by atoms with van der Waals surface area (Å²) in [5.41, 5.74) is 2.59. The predicted octanol–water partition coefficient (Wildman–Crippen LogP) is 3.51. The SMILES string of the molecule is CCC=C(C)c1ccc(OC)cc1. The second-order valence-corrected chi connectivity index (χ2v) is 3.02. The highest BCUT2D eigenvalue weighted by Crippen LogP contribution is 2.18. The van der Waals surface area contributed by atoms with Crippen molar-refractivity contribution in [2.45, 2.75) is 20.3 Å². The third kappa shape index (κ3) is 2.62. The van der Waals surface area contributed by atoms with Crippen LogP contribution in [0.5, 0.6) is 5.75 Å². The quantitative estimate of drug-likeness (QED) is 0.684. The Morgan fingerprint density at radius 3 is 2.38 bits per heavy atom. The average Bonchev–Trinajstić information content (AvgIpc) is 2.18. The maximum atomic E-state index is 5.09. The van der Waals surface area contributed by atoms with E-state index < -0.39 is 0 Å². The van der Waals surface area contributed by atoms with Gasteiger partial charge in [0.05, 0.1) is 7.11 Å². The van der Waals surface area contributed by atoms with E-state index in [4.69, 9.17) is 4.74 Å². The average molecular weight is 176 g/mol. The largest absolute Gasteiger partial charge is 0.497 e. The van der Waals surface area contributed by atoms with Crippen LogP contribution in [0.4, 0.5) is 0 Å². The topological polar surface area (TPSA) is 9.23 Å². The standard InChI is InChI=1S/C12H16O/c1-4-5-10(2)11-6-8-12(13-3)9-7-11/h5-9H,4H2,1-3H3. The normalized spacial score (nSPS) is 11.5. The van der Waals surface area contributed by atoms with Crippen LogP contribution in [0.3, 0.4) is 0 Å². The van der Waals surface area contributed by atoms with Crippen molar-refractivity contribution in [3.63, 3.8) is 0 Å². The Balaban J connectivity index is 2.85. The Labute approximate surface area is 80.0 Å². The zero-order valence-electron chi connectivity index (χ0n) is 8.50. The number of ether oxygens (including phenoxy) is 1. The first-order valence-corrected chi connectivity index (χ1v) is 4.59. The van der Waals surface area contributed by atoms with Gasteiger partial charge in [0.1, 0.15) is 5.75 Å². The molecule has 1 rings (SSSR count). The van der Waals surface area contributed by atoms with Gasteiger partial charge in [-0.1, -0.05) is 25.1 Å².